The molecule has 1 heterocycles. The average molecular weight is 552 g/mol. The summed E-state index contributed by atoms with van der Waals surface area (Å²) in [6.07, 6.45) is 0.00376. The number of nitro groups is 2. The van der Waals surface area contributed by atoms with Crippen molar-refractivity contribution in [2.75, 3.05) is 37.8 Å². The van der Waals surface area contributed by atoms with E-state index in [1.807, 2.05) is 0 Å². The Kier molecular flexibility index (Phi) is 9.90. The fourth-order valence-electron chi connectivity index (χ4n) is 3.24. The molecule has 0 radical (unpaired) electrons. The van der Waals surface area contributed by atoms with E-state index in [2.05, 4.69) is 25.6 Å². The predicted octanol–water partition coefficient (Wildman–Crippen LogP) is 4.27. The van der Waals surface area contributed by atoms with Gasteiger partial charge in [0.2, 0.25) is 5.52 Å². The van der Waals surface area contributed by atoms with E-state index in [0.29, 0.717) is 18.7 Å². The number of nitro benzene ring substituents is 2. The number of carbonyl (C=O) groups excluding carboxylic acids is 1. The first-order valence-corrected chi connectivity index (χ1v) is 13.2. The quantitative estimate of drug-likeness (QED) is 0.117. The molecule has 3 rings (SSSR count). The summed E-state index contributed by atoms with van der Waals surface area (Å²) in [6.45, 7) is 2.43. The van der Waals surface area contributed by atoms with Crippen LogP contribution in [0.25, 0.3) is 11.0 Å². The molecule has 1 aromatic heterocycles. The lowest BCUT2D eigenvalue weighted by molar-refractivity contribution is -0.384. The number of amides is 1. The Bertz CT molecular complexity index is 1320. The van der Waals surface area contributed by atoms with Crippen LogP contribution in [0.15, 0.2) is 41.0 Å². The minimum atomic E-state index is -3.56. The van der Waals surface area contributed by atoms with Crippen molar-refractivity contribution < 1.29 is 37.6 Å². The summed E-state index contributed by atoms with van der Waals surface area (Å²) < 4.78 is 33.4. The van der Waals surface area contributed by atoms with Crippen molar-refractivity contribution in [3.8, 4) is 5.75 Å². The number of nitrogens with one attached hydrogen (secondary N) is 2. The lowest BCUT2D eigenvalue weighted by Gasteiger charge is -2.18. The Morgan fingerprint density at radius 3 is 2.45 bits per heavy atom. The molecule has 2 N–H and O–H groups in total. The van der Waals surface area contributed by atoms with E-state index in [1.54, 1.807) is 6.92 Å². The zero-order valence-corrected chi connectivity index (χ0v) is 21.1. The summed E-state index contributed by atoms with van der Waals surface area (Å²) >= 11 is 0. The number of fused-ring (bicyclic) bond motifs is 1. The topological polar surface area (TPSA) is 211 Å². The standard InChI is InChI=1S/C21H25N6O10P/c1-2-35-38(33,36-16-7-5-15(6-8-16)26(29)30)14-4-13-34-21(28)23-12-3-11-22-17-9-10-18(27(31)32)20-19(17)24-37-25-20/h5-10,22H,2-4,11-14H2,1H3,(H,23,28). The molecule has 0 spiro atoms. The normalized spacial score (nSPS) is 12.4. The van der Waals surface area contributed by atoms with Crippen LogP contribution < -0.4 is 15.2 Å². The number of non-ortho nitro benzene ring substituents is 2. The maximum Gasteiger partial charge on any atom is 0.407 e. The van der Waals surface area contributed by atoms with Gasteiger partial charge in [0, 0.05) is 31.3 Å². The van der Waals surface area contributed by atoms with Crippen LogP contribution in [0, 0.1) is 20.2 Å². The van der Waals surface area contributed by atoms with Gasteiger partial charge >= 0.3 is 19.4 Å². The molecule has 0 fully saturated rings. The summed E-state index contributed by atoms with van der Waals surface area (Å²) in [6, 6.07) is 7.91. The monoisotopic (exact) mass is 552 g/mol. The molecule has 1 atom stereocenters. The Balaban J connectivity index is 1.35. The van der Waals surface area contributed by atoms with Gasteiger partial charge in [0.15, 0.2) is 5.52 Å². The molecule has 204 valence electrons. The summed E-state index contributed by atoms with van der Waals surface area (Å²) in [7, 11) is -3.56. The number of alkyl carbamates (subject to hydrolysis) is 1. The van der Waals surface area contributed by atoms with Gasteiger partial charge in [0.05, 0.1) is 34.9 Å². The van der Waals surface area contributed by atoms with E-state index in [1.165, 1.54) is 36.4 Å². The minimum Gasteiger partial charge on any atom is -0.450 e. The summed E-state index contributed by atoms with van der Waals surface area (Å²) in [5, 5.41) is 34.7. The first-order valence-electron chi connectivity index (χ1n) is 11.4. The third-order valence-electron chi connectivity index (χ3n) is 4.96. The maximum absolute atomic E-state index is 12.9. The van der Waals surface area contributed by atoms with Crippen LogP contribution in [0.4, 0.5) is 21.9 Å². The smallest absolute Gasteiger partial charge is 0.407 e. The second-order valence-corrected chi connectivity index (χ2v) is 9.75. The highest BCUT2D eigenvalue weighted by Gasteiger charge is 2.26. The van der Waals surface area contributed by atoms with Gasteiger partial charge < -0.3 is 24.4 Å². The third kappa shape index (κ3) is 7.85. The fraction of sp³-hybridized carbons (Fsp3) is 0.381. The fourth-order valence-corrected chi connectivity index (χ4v) is 4.87. The highest BCUT2D eigenvalue weighted by molar-refractivity contribution is 7.54. The number of benzene rings is 2. The lowest BCUT2D eigenvalue weighted by atomic mass is 10.2. The maximum atomic E-state index is 12.9. The zero-order valence-electron chi connectivity index (χ0n) is 20.2. The van der Waals surface area contributed by atoms with E-state index in [9.17, 15) is 29.6 Å². The molecular weight excluding hydrogens is 527 g/mol. The summed E-state index contributed by atoms with van der Waals surface area (Å²) in [4.78, 5) is 32.6. The number of rotatable bonds is 15. The molecule has 0 saturated heterocycles. The minimum absolute atomic E-state index is 0.0321. The molecule has 0 bridgehead atoms. The summed E-state index contributed by atoms with van der Waals surface area (Å²) in [5.41, 5.74) is 0.424. The molecule has 1 unspecified atom stereocenters. The third-order valence-corrected chi connectivity index (χ3v) is 6.96. The molecule has 38 heavy (non-hydrogen) atoms. The Hall–Kier alpha value is -4.30. The summed E-state index contributed by atoms with van der Waals surface area (Å²) in [5.74, 6) is 0.161. The Morgan fingerprint density at radius 1 is 1.03 bits per heavy atom. The van der Waals surface area contributed by atoms with E-state index in [-0.39, 0.29) is 60.5 Å². The van der Waals surface area contributed by atoms with E-state index >= 15 is 0 Å². The molecule has 2 aromatic carbocycles. The van der Waals surface area contributed by atoms with E-state index in [0.717, 1.165) is 0 Å². The SMILES string of the molecule is CCOP(=O)(CCCOC(=O)NCCCNc1ccc([N+](=O)[O-])c2nonc12)Oc1ccc([N+](=O)[O-])cc1. The van der Waals surface area contributed by atoms with Crippen LogP contribution in [0.2, 0.25) is 0 Å². The zero-order chi connectivity index (χ0) is 27.5. The Labute approximate surface area is 215 Å². The van der Waals surface area contributed by atoms with Gasteiger partial charge in [-0.25, -0.2) is 14.0 Å². The van der Waals surface area contributed by atoms with Crippen molar-refractivity contribution >= 4 is 41.8 Å². The van der Waals surface area contributed by atoms with Crippen LogP contribution in [-0.4, -0.2) is 58.7 Å². The average Bonchev–Trinajstić information content (AvgIpc) is 3.37. The number of hydrogen-bond acceptors (Lipinski definition) is 13. The molecule has 0 saturated carbocycles. The predicted molar refractivity (Wildman–Crippen MR) is 133 cm³/mol. The molecule has 0 aliphatic rings. The van der Waals surface area contributed by atoms with Crippen LogP contribution in [0.1, 0.15) is 19.8 Å². The Morgan fingerprint density at radius 2 is 1.76 bits per heavy atom. The largest absolute Gasteiger partial charge is 0.450 e. The number of ether oxygens (including phenoxy) is 1. The second-order valence-electron chi connectivity index (χ2n) is 7.64. The van der Waals surface area contributed by atoms with Crippen LogP contribution in [-0.2, 0) is 13.8 Å². The first kappa shape index (κ1) is 28.3. The molecule has 17 heteroatoms. The number of nitrogens with zero attached hydrogens (tertiary/aromatic N) is 4. The number of carbonyl (C=O) groups is 1. The lowest BCUT2D eigenvalue weighted by Crippen LogP contribution is -2.27. The highest BCUT2D eigenvalue weighted by atomic mass is 31.2. The van der Waals surface area contributed by atoms with E-state index < -0.39 is 23.5 Å². The van der Waals surface area contributed by atoms with Crippen molar-refractivity contribution in [1.82, 2.24) is 15.6 Å². The number of anilines is 1. The molecule has 1 amide bonds. The van der Waals surface area contributed by atoms with Gasteiger partial charge in [-0.2, -0.15) is 0 Å². The second kappa shape index (κ2) is 13.3. The first-order chi connectivity index (χ1) is 18.2. The van der Waals surface area contributed by atoms with Crippen LogP contribution in [0.5, 0.6) is 5.75 Å². The van der Waals surface area contributed by atoms with Gasteiger partial charge in [-0.05, 0) is 48.3 Å². The van der Waals surface area contributed by atoms with Crippen molar-refractivity contribution in [3.63, 3.8) is 0 Å². The molecular formula is C21H25N6O10P. The van der Waals surface area contributed by atoms with Crippen molar-refractivity contribution in [2.45, 2.75) is 19.8 Å². The van der Waals surface area contributed by atoms with Gasteiger partial charge in [-0.1, -0.05) is 0 Å². The van der Waals surface area contributed by atoms with Crippen LogP contribution >= 0.6 is 7.60 Å². The van der Waals surface area contributed by atoms with Crippen molar-refractivity contribution in [1.29, 1.82) is 0 Å². The van der Waals surface area contributed by atoms with Gasteiger partial charge in [0.25, 0.3) is 5.69 Å². The van der Waals surface area contributed by atoms with Crippen molar-refractivity contribution in [2.24, 2.45) is 0 Å². The van der Waals surface area contributed by atoms with Crippen LogP contribution in [0.3, 0.4) is 0 Å². The molecule has 0 aliphatic heterocycles. The van der Waals surface area contributed by atoms with Gasteiger partial charge in [-0.15, -0.1) is 0 Å². The van der Waals surface area contributed by atoms with Crippen molar-refractivity contribution in [3.05, 3.63) is 56.6 Å². The van der Waals surface area contributed by atoms with Gasteiger partial charge in [0.1, 0.15) is 5.75 Å². The number of hydrogen-bond donors (Lipinski definition) is 2. The molecule has 0 aliphatic carbocycles. The molecule has 3 aromatic rings. The van der Waals surface area contributed by atoms with Gasteiger partial charge in [-0.3, -0.25) is 20.2 Å². The molecule has 16 nitrogen and oxygen atoms in total. The number of aromatic nitrogens is 2. The highest BCUT2D eigenvalue weighted by Crippen LogP contribution is 2.48. The van der Waals surface area contributed by atoms with E-state index in [4.69, 9.17) is 13.8 Å².